The molecular formula is C31H24F8IN3O3. The van der Waals surface area contributed by atoms with Gasteiger partial charge in [0.15, 0.2) is 0 Å². The third-order valence-corrected chi connectivity index (χ3v) is 7.39. The summed E-state index contributed by atoms with van der Waals surface area (Å²) in [6, 6.07) is 20.2. The van der Waals surface area contributed by atoms with Gasteiger partial charge in [0.05, 0.1) is 5.69 Å². The van der Waals surface area contributed by atoms with Gasteiger partial charge in [-0.05, 0) is 59.2 Å². The maximum absolute atomic E-state index is 13.9. The molecule has 4 aromatic rings. The van der Waals surface area contributed by atoms with E-state index in [2.05, 4.69) is 47.7 Å². The van der Waals surface area contributed by atoms with Gasteiger partial charge in [-0.2, -0.15) is 35.1 Å². The van der Waals surface area contributed by atoms with Crippen molar-refractivity contribution in [3.8, 4) is 11.5 Å². The Labute approximate surface area is 271 Å². The molecule has 15 heteroatoms. The number of anilines is 1. The molecule has 2 amide bonds. The number of hydrogen-bond acceptors (Lipinski definition) is 4. The number of aromatic nitrogens is 1. The summed E-state index contributed by atoms with van der Waals surface area (Å²) in [5.74, 6) is -1.20. The Morgan fingerprint density at radius 3 is 1.96 bits per heavy atom. The molecule has 0 spiro atoms. The van der Waals surface area contributed by atoms with E-state index in [-0.39, 0.29) is 23.4 Å². The summed E-state index contributed by atoms with van der Waals surface area (Å²) in [4.78, 5) is 18.1. The summed E-state index contributed by atoms with van der Waals surface area (Å²) < 4.78 is 114. The molecule has 3 aromatic carbocycles. The van der Waals surface area contributed by atoms with E-state index >= 15 is 0 Å². The summed E-state index contributed by atoms with van der Waals surface area (Å²) in [5.41, 5.74) is 0.291. The van der Waals surface area contributed by atoms with Crippen molar-refractivity contribution in [1.82, 2.24) is 10.3 Å². The Hall–Kier alpha value is -4.15. The topological polar surface area (TPSA) is 72.5 Å². The van der Waals surface area contributed by atoms with Crippen molar-refractivity contribution < 1.29 is 49.4 Å². The molecule has 4 rings (SSSR count). The summed E-state index contributed by atoms with van der Waals surface area (Å²) in [7, 11) is 0. The highest BCUT2D eigenvalue weighted by molar-refractivity contribution is 14.1. The van der Waals surface area contributed by atoms with Crippen LogP contribution in [0.4, 0.5) is 45.6 Å². The van der Waals surface area contributed by atoms with E-state index < -0.39 is 48.1 Å². The summed E-state index contributed by atoms with van der Waals surface area (Å²) in [6.45, 7) is 0. The standard InChI is InChI=1S/C31H24F8IN3O3/c32-26(33)30(36,37)45-23-12-10-22(11-13-23)42-28(44)43-29(16-19-5-2-1-3-6-19,25-14-9-20(17-40)18-41-25)21-7-4-8-24(15-21)46-31(38,39)27(34)35/h1-15,18,26-27H,16-17H2,(H2,42,43,44)/t29-/m0/s1. The number of ether oxygens (including phenoxy) is 2. The number of alkyl halides is 9. The van der Waals surface area contributed by atoms with Gasteiger partial charge in [-0.1, -0.05) is 71.1 Å². The van der Waals surface area contributed by atoms with Crippen LogP contribution in [0.2, 0.25) is 0 Å². The number of carbonyl (C=O) groups excluding carboxylic acids is 1. The van der Waals surface area contributed by atoms with Crippen molar-refractivity contribution in [2.45, 2.75) is 41.5 Å². The number of amides is 2. The van der Waals surface area contributed by atoms with E-state index in [4.69, 9.17) is 0 Å². The van der Waals surface area contributed by atoms with E-state index in [1.807, 2.05) is 0 Å². The Morgan fingerprint density at radius 2 is 1.39 bits per heavy atom. The van der Waals surface area contributed by atoms with E-state index in [9.17, 15) is 39.9 Å². The monoisotopic (exact) mass is 765 g/mol. The molecule has 6 nitrogen and oxygen atoms in total. The van der Waals surface area contributed by atoms with Crippen molar-refractivity contribution in [2.24, 2.45) is 0 Å². The Kier molecular flexibility index (Phi) is 11.0. The number of nitrogens with one attached hydrogen (secondary N) is 2. The molecule has 0 saturated carbocycles. The number of carbonyl (C=O) groups is 1. The SMILES string of the molecule is O=C(Nc1ccc(OC(F)(F)C(F)F)cc1)N[C@@](Cc1ccccc1)(c1cccc(OC(F)(F)C(F)F)c1)c1ccc(CI)cn1. The minimum absolute atomic E-state index is 0.0119. The minimum atomic E-state index is -4.80. The largest absolute Gasteiger partial charge is 0.461 e. The maximum atomic E-state index is 13.9. The van der Waals surface area contributed by atoms with Crippen molar-refractivity contribution in [2.75, 3.05) is 5.32 Å². The van der Waals surface area contributed by atoms with E-state index in [0.29, 0.717) is 9.99 Å². The highest BCUT2D eigenvalue weighted by Gasteiger charge is 2.45. The molecule has 0 fully saturated rings. The highest BCUT2D eigenvalue weighted by atomic mass is 127. The molecule has 244 valence electrons. The second-order valence-electron chi connectivity index (χ2n) is 9.81. The van der Waals surface area contributed by atoms with Crippen LogP contribution < -0.4 is 20.1 Å². The minimum Gasteiger partial charge on any atom is -0.428 e. The molecule has 0 aliphatic heterocycles. The maximum Gasteiger partial charge on any atom is 0.461 e. The molecule has 0 radical (unpaired) electrons. The molecular weight excluding hydrogens is 741 g/mol. The molecule has 0 aliphatic carbocycles. The van der Waals surface area contributed by atoms with Crippen LogP contribution in [0.3, 0.4) is 0 Å². The lowest BCUT2D eigenvalue weighted by Gasteiger charge is -2.36. The molecule has 0 aliphatic rings. The van der Waals surface area contributed by atoms with E-state index in [0.717, 1.165) is 42.0 Å². The second kappa shape index (κ2) is 14.5. The summed E-state index contributed by atoms with van der Waals surface area (Å²) in [6.07, 6.45) is -16.2. The van der Waals surface area contributed by atoms with Crippen LogP contribution in [0, 0.1) is 0 Å². The average molecular weight is 765 g/mol. The first-order valence-electron chi connectivity index (χ1n) is 13.3. The molecule has 0 bridgehead atoms. The first-order chi connectivity index (χ1) is 21.7. The third kappa shape index (κ3) is 8.55. The van der Waals surface area contributed by atoms with Gasteiger partial charge in [-0.15, -0.1) is 0 Å². The first kappa shape index (κ1) is 34.7. The number of nitrogens with zero attached hydrogens (tertiary/aromatic N) is 1. The van der Waals surface area contributed by atoms with Crippen molar-refractivity contribution in [1.29, 1.82) is 0 Å². The van der Waals surface area contributed by atoms with Crippen LogP contribution >= 0.6 is 22.6 Å². The first-order valence-corrected chi connectivity index (χ1v) is 14.8. The van der Waals surface area contributed by atoms with Crippen molar-refractivity contribution in [3.63, 3.8) is 0 Å². The fourth-order valence-corrected chi connectivity index (χ4v) is 4.82. The lowest BCUT2D eigenvalue weighted by molar-refractivity contribution is -0.253. The average Bonchev–Trinajstić information content (AvgIpc) is 3.02. The normalized spacial score (nSPS) is 13.3. The van der Waals surface area contributed by atoms with Gasteiger partial charge in [-0.25, -0.2) is 4.79 Å². The Bertz CT molecular complexity index is 1600. The zero-order valence-electron chi connectivity index (χ0n) is 23.4. The number of urea groups is 1. The molecule has 2 N–H and O–H groups in total. The zero-order valence-corrected chi connectivity index (χ0v) is 25.5. The fraction of sp³-hybridized carbons (Fsp3) is 0.226. The van der Waals surface area contributed by atoms with Crippen LogP contribution in [0.25, 0.3) is 0 Å². The number of benzene rings is 3. The molecule has 0 unspecified atom stereocenters. The molecule has 0 saturated heterocycles. The van der Waals surface area contributed by atoms with E-state index in [1.165, 1.54) is 12.1 Å². The lowest BCUT2D eigenvalue weighted by atomic mass is 9.80. The second-order valence-corrected chi connectivity index (χ2v) is 10.6. The van der Waals surface area contributed by atoms with Crippen LogP contribution in [0.5, 0.6) is 11.5 Å². The van der Waals surface area contributed by atoms with Crippen LogP contribution in [0.15, 0.2) is 97.2 Å². The number of pyridine rings is 1. The number of hydrogen-bond donors (Lipinski definition) is 2. The smallest absolute Gasteiger partial charge is 0.428 e. The zero-order chi connectivity index (χ0) is 33.5. The molecule has 1 aromatic heterocycles. The lowest BCUT2D eigenvalue weighted by Crippen LogP contribution is -2.50. The van der Waals surface area contributed by atoms with Gasteiger partial charge >= 0.3 is 31.1 Å². The quantitative estimate of drug-likeness (QED) is 0.0812. The number of rotatable bonds is 13. The Morgan fingerprint density at radius 1 is 0.761 bits per heavy atom. The van der Waals surface area contributed by atoms with Crippen molar-refractivity contribution in [3.05, 3.63) is 120 Å². The van der Waals surface area contributed by atoms with Gasteiger partial charge in [0.2, 0.25) is 0 Å². The predicted octanol–water partition coefficient (Wildman–Crippen LogP) is 8.80. The van der Waals surface area contributed by atoms with Crippen LogP contribution in [-0.4, -0.2) is 36.1 Å². The molecule has 1 atom stereocenters. The van der Waals surface area contributed by atoms with Gasteiger partial charge in [0.25, 0.3) is 0 Å². The predicted molar refractivity (Wildman–Crippen MR) is 161 cm³/mol. The fourth-order valence-electron chi connectivity index (χ4n) is 4.37. The van der Waals surface area contributed by atoms with Gasteiger partial charge in [0, 0.05) is 22.7 Å². The third-order valence-electron chi connectivity index (χ3n) is 6.51. The molecule has 46 heavy (non-hydrogen) atoms. The number of halogens is 9. The molecule has 1 heterocycles. The van der Waals surface area contributed by atoms with E-state index in [1.54, 1.807) is 48.7 Å². The summed E-state index contributed by atoms with van der Waals surface area (Å²) in [5, 5.41) is 5.33. The highest BCUT2D eigenvalue weighted by Crippen LogP contribution is 2.37. The van der Waals surface area contributed by atoms with Gasteiger partial charge in [0.1, 0.15) is 17.0 Å². The van der Waals surface area contributed by atoms with Crippen LogP contribution in [0.1, 0.15) is 22.4 Å². The van der Waals surface area contributed by atoms with Gasteiger partial charge in [-0.3, -0.25) is 4.98 Å². The Balaban J connectivity index is 1.75. The van der Waals surface area contributed by atoms with Crippen LogP contribution in [-0.2, 0) is 16.4 Å². The van der Waals surface area contributed by atoms with Gasteiger partial charge < -0.3 is 20.1 Å². The van der Waals surface area contributed by atoms with Crippen molar-refractivity contribution >= 4 is 34.3 Å². The summed E-state index contributed by atoms with van der Waals surface area (Å²) >= 11 is 2.13.